The summed E-state index contributed by atoms with van der Waals surface area (Å²) < 4.78 is 25.4. The molecule has 0 saturated carbocycles. The van der Waals surface area contributed by atoms with Gasteiger partial charge in [-0.2, -0.15) is 0 Å². The average molecular weight is 333 g/mol. The standard InChI is InChI=1S/C17H23N3O2S/c1-3-8-20-9-6-13(7-10-20)16-12-18-17-5-4-14(11-15(16)17)19-23(2,21)22/h4-6,11-12,18-19H,3,7-10H2,1-2H3. The van der Waals surface area contributed by atoms with Gasteiger partial charge in [0.1, 0.15) is 0 Å². The Bertz CT molecular complexity index is 837. The fraction of sp³-hybridized carbons (Fsp3) is 0.412. The van der Waals surface area contributed by atoms with Gasteiger partial charge in [-0.05, 0) is 43.2 Å². The van der Waals surface area contributed by atoms with Gasteiger partial charge in [0.15, 0.2) is 0 Å². The third kappa shape index (κ3) is 3.76. The summed E-state index contributed by atoms with van der Waals surface area (Å²) in [5.74, 6) is 0. The second-order valence-corrected chi connectivity index (χ2v) is 7.87. The molecule has 0 saturated heterocycles. The third-order valence-electron chi connectivity index (χ3n) is 4.16. The maximum absolute atomic E-state index is 11.4. The SMILES string of the molecule is CCCN1CC=C(c2c[nH]c3ccc(NS(C)(=O)=O)cc23)CC1. The van der Waals surface area contributed by atoms with Crippen LogP contribution in [0, 0.1) is 0 Å². The molecule has 5 nitrogen and oxygen atoms in total. The minimum Gasteiger partial charge on any atom is -0.361 e. The smallest absolute Gasteiger partial charge is 0.229 e. The zero-order chi connectivity index (χ0) is 16.4. The number of anilines is 1. The van der Waals surface area contributed by atoms with Crippen LogP contribution in [0.1, 0.15) is 25.3 Å². The predicted octanol–water partition coefficient (Wildman–Crippen LogP) is 3.04. The Kier molecular flexibility index (Phi) is 4.46. The van der Waals surface area contributed by atoms with Gasteiger partial charge in [0.2, 0.25) is 10.0 Å². The van der Waals surface area contributed by atoms with E-state index in [0.29, 0.717) is 5.69 Å². The third-order valence-corrected chi connectivity index (χ3v) is 4.77. The zero-order valence-electron chi connectivity index (χ0n) is 13.6. The molecule has 1 aromatic carbocycles. The minimum atomic E-state index is -3.26. The Hall–Kier alpha value is -1.79. The molecule has 124 valence electrons. The highest BCUT2D eigenvalue weighted by molar-refractivity contribution is 7.92. The van der Waals surface area contributed by atoms with E-state index in [1.54, 1.807) is 6.07 Å². The lowest BCUT2D eigenvalue weighted by Crippen LogP contribution is -2.29. The Labute approximate surface area is 137 Å². The average Bonchev–Trinajstić information content (AvgIpc) is 2.90. The fourth-order valence-electron chi connectivity index (χ4n) is 3.14. The van der Waals surface area contributed by atoms with Gasteiger partial charge >= 0.3 is 0 Å². The Morgan fingerprint density at radius 3 is 2.83 bits per heavy atom. The van der Waals surface area contributed by atoms with Crippen molar-refractivity contribution in [2.24, 2.45) is 0 Å². The highest BCUT2D eigenvalue weighted by Crippen LogP contribution is 2.31. The summed E-state index contributed by atoms with van der Waals surface area (Å²) in [6.07, 6.45) is 7.68. The van der Waals surface area contributed by atoms with Crippen LogP contribution in [0.15, 0.2) is 30.5 Å². The maximum atomic E-state index is 11.4. The number of fused-ring (bicyclic) bond motifs is 1. The molecule has 1 aromatic heterocycles. The lowest BCUT2D eigenvalue weighted by molar-refractivity contribution is 0.302. The molecule has 6 heteroatoms. The van der Waals surface area contributed by atoms with E-state index >= 15 is 0 Å². The van der Waals surface area contributed by atoms with Crippen molar-refractivity contribution in [1.29, 1.82) is 0 Å². The van der Waals surface area contributed by atoms with Gasteiger partial charge in [-0.25, -0.2) is 8.42 Å². The normalized spacial score (nSPS) is 16.5. The second kappa shape index (κ2) is 6.37. The molecule has 2 N–H and O–H groups in total. The quantitative estimate of drug-likeness (QED) is 0.884. The number of hydrogen-bond donors (Lipinski definition) is 2. The van der Waals surface area contributed by atoms with Crippen molar-refractivity contribution in [3.63, 3.8) is 0 Å². The van der Waals surface area contributed by atoms with E-state index in [1.165, 1.54) is 23.8 Å². The van der Waals surface area contributed by atoms with Gasteiger partial charge < -0.3 is 4.98 Å². The Morgan fingerprint density at radius 2 is 2.17 bits per heavy atom. The highest BCUT2D eigenvalue weighted by atomic mass is 32.2. The zero-order valence-corrected chi connectivity index (χ0v) is 14.4. The second-order valence-electron chi connectivity index (χ2n) is 6.12. The summed E-state index contributed by atoms with van der Waals surface area (Å²) in [5.41, 5.74) is 4.13. The van der Waals surface area contributed by atoms with Gasteiger partial charge in [-0.15, -0.1) is 0 Å². The number of nitrogens with zero attached hydrogens (tertiary/aromatic N) is 1. The summed E-state index contributed by atoms with van der Waals surface area (Å²) in [6.45, 7) is 5.40. The highest BCUT2D eigenvalue weighted by Gasteiger charge is 2.15. The van der Waals surface area contributed by atoms with Crippen LogP contribution in [0.3, 0.4) is 0 Å². The monoisotopic (exact) mass is 333 g/mol. The first-order valence-corrected chi connectivity index (χ1v) is 9.86. The number of H-pyrrole nitrogens is 1. The largest absolute Gasteiger partial charge is 0.361 e. The molecule has 0 amide bonds. The van der Waals surface area contributed by atoms with Crippen molar-refractivity contribution in [3.05, 3.63) is 36.0 Å². The van der Waals surface area contributed by atoms with Crippen LogP contribution >= 0.6 is 0 Å². The molecule has 0 atom stereocenters. The Morgan fingerprint density at radius 1 is 1.35 bits per heavy atom. The number of hydrogen-bond acceptors (Lipinski definition) is 3. The van der Waals surface area contributed by atoms with Crippen molar-refractivity contribution in [2.75, 3.05) is 30.6 Å². The summed E-state index contributed by atoms with van der Waals surface area (Å²) in [7, 11) is -3.26. The number of rotatable bonds is 5. The van der Waals surface area contributed by atoms with Gasteiger partial charge in [-0.3, -0.25) is 9.62 Å². The number of benzene rings is 1. The van der Waals surface area contributed by atoms with Crippen molar-refractivity contribution >= 4 is 32.2 Å². The molecular weight excluding hydrogens is 310 g/mol. The van der Waals surface area contributed by atoms with Gasteiger partial charge in [0, 0.05) is 41.4 Å². The van der Waals surface area contributed by atoms with E-state index in [-0.39, 0.29) is 0 Å². The van der Waals surface area contributed by atoms with Crippen LogP contribution in [-0.2, 0) is 10.0 Å². The van der Waals surface area contributed by atoms with Crippen LogP contribution in [0.25, 0.3) is 16.5 Å². The Balaban J connectivity index is 1.91. The van der Waals surface area contributed by atoms with Crippen molar-refractivity contribution in [1.82, 2.24) is 9.88 Å². The molecule has 3 rings (SSSR count). The van der Waals surface area contributed by atoms with E-state index in [0.717, 1.165) is 37.0 Å². The van der Waals surface area contributed by atoms with Gasteiger partial charge in [-0.1, -0.05) is 13.0 Å². The number of sulfonamides is 1. The van der Waals surface area contributed by atoms with Crippen molar-refractivity contribution in [3.8, 4) is 0 Å². The number of aromatic nitrogens is 1. The minimum absolute atomic E-state index is 0.602. The molecule has 2 aromatic rings. The van der Waals surface area contributed by atoms with E-state index in [9.17, 15) is 8.42 Å². The van der Waals surface area contributed by atoms with E-state index < -0.39 is 10.0 Å². The first-order valence-electron chi connectivity index (χ1n) is 7.97. The molecule has 0 fully saturated rings. The first kappa shape index (κ1) is 16.1. The van der Waals surface area contributed by atoms with Crippen LogP contribution in [0.4, 0.5) is 5.69 Å². The lowest BCUT2D eigenvalue weighted by atomic mass is 9.98. The van der Waals surface area contributed by atoms with E-state index in [4.69, 9.17) is 0 Å². The van der Waals surface area contributed by atoms with Crippen LogP contribution < -0.4 is 4.72 Å². The summed E-state index contributed by atoms with van der Waals surface area (Å²) >= 11 is 0. The topological polar surface area (TPSA) is 65.2 Å². The lowest BCUT2D eigenvalue weighted by Gasteiger charge is -2.25. The molecule has 2 heterocycles. The van der Waals surface area contributed by atoms with Crippen molar-refractivity contribution < 1.29 is 8.42 Å². The van der Waals surface area contributed by atoms with Crippen molar-refractivity contribution in [2.45, 2.75) is 19.8 Å². The van der Waals surface area contributed by atoms with E-state index in [1.807, 2.05) is 18.3 Å². The molecule has 0 unspecified atom stereocenters. The number of nitrogens with one attached hydrogen (secondary N) is 2. The fourth-order valence-corrected chi connectivity index (χ4v) is 3.69. The molecule has 1 aliphatic rings. The predicted molar refractivity (Wildman–Crippen MR) is 96.1 cm³/mol. The van der Waals surface area contributed by atoms with Gasteiger partial charge in [0.05, 0.1) is 6.26 Å². The molecule has 1 aliphatic heterocycles. The van der Waals surface area contributed by atoms with Gasteiger partial charge in [0.25, 0.3) is 0 Å². The van der Waals surface area contributed by atoms with Crippen LogP contribution in [0.5, 0.6) is 0 Å². The molecule has 23 heavy (non-hydrogen) atoms. The molecule has 0 aliphatic carbocycles. The summed E-state index contributed by atoms with van der Waals surface area (Å²) in [4.78, 5) is 5.73. The summed E-state index contributed by atoms with van der Waals surface area (Å²) in [6, 6.07) is 5.60. The molecule has 0 spiro atoms. The van der Waals surface area contributed by atoms with E-state index in [2.05, 4.69) is 27.6 Å². The molecular formula is C17H23N3O2S. The first-order chi connectivity index (χ1) is 11.0. The maximum Gasteiger partial charge on any atom is 0.229 e. The van der Waals surface area contributed by atoms with Crippen LogP contribution in [-0.4, -0.2) is 44.2 Å². The number of aromatic amines is 1. The molecule has 0 radical (unpaired) electrons. The summed E-state index contributed by atoms with van der Waals surface area (Å²) in [5, 5.41) is 1.06. The molecule has 0 bridgehead atoms. The van der Waals surface area contributed by atoms with Crippen LogP contribution in [0.2, 0.25) is 0 Å².